The van der Waals surface area contributed by atoms with Crippen molar-refractivity contribution in [2.75, 3.05) is 26.2 Å². The summed E-state index contributed by atoms with van der Waals surface area (Å²) in [5, 5.41) is 15.2. The van der Waals surface area contributed by atoms with Gasteiger partial charge in [-0.2, -0.15) is 0 Å². The minimum absolute atomic E-state index is 0.0177. The van der Waals surface area contributed by atoms with Crippen molar-refractivity contribution in [2.45, 2.75) is 31.3 Å². The molecule has 1 aliphatic heterocycles. The maximum Gasteiger partial charge on any atom is 0.315 e. The third kappa shape index (κ3) is 4.36. The average molecular weight is 329 g/mol. The van der Waals surface area contributed by atoms with Gasteiger partial charge in [0.1, 0.15) is 0 Å². The standard InChI is InChI=1S/C19H27N3O2/c23-14-15-8-9-17(12-15)21-19(24)20-13-18(22-10-4-5-11-22)16-6-2-1-3-7-16/h1-3,6-9,15,17-18,23H,4-5,10-14H2,(H2,20,21,24)/t15-,17+,18?/m0/s1. The number of urea groups is 1. The van der Waals surface area contributed by atoms with Gasteiger partial charge in [-0.05, 0) is 37.9 Å². The molecule has 1 fully saturated rings. The zero-order chi connectivity index (χ0) is 16.8. The molecule has 1 saturated heterocycles. The van der Waals surface area contributed by atoms with Crippen molar-refractivity contribution in [2.24, 2.45) is 5.92 Å². The number of aliphatic hydroxyl groups is 1. The molecular formula is C19H27N3O2. The molecule has 3 rings (SSSR count). The van der Waals surface area contributed by atoms with Crippen LogP contribution in [0.5, 0.6) is 0 Å². The monoisotopic (exact) mass is 329 g/mol. The van der Waals surface area contributed by atoms with E-state index in [4.69, 9.17) is 5.11 Å². The van der Waals surface area contributed by atoms with E-state index in [1.807, 2.05) is 18.2 Å². The fourth-order valence-corrected chi connectivity index (χ4v) is 3.61. The summed E-state index contributed by atoms with van der Waals surface area (Å²) in [5.41, 5.74) is 1.25. The second-order valence-electron chi connectivity index (χ2n) is 6.69. The molecule has 1 unspecified atom stereocenters. The van der Waals surface area contributed by atoms with E-state index in [9.17, 15) is 4.79 Å². The molecule has 5 heteroatoms. The Bertz CT molecular complexity index is 555. The van der Waals surface area contributed by atoms with Gasteiger partial charge >= 0.3 is 6.03 Å². The van der Waals surface area contributed by atoms with Crippen LogP contribution in [0, 0.1) is 5.92 Å². The lowest BCUT2D eigenvalue weighted by Gasteiger charge is -2.28. The first-order valence-electron chi connectivity index (χ1n) is 8.89. The lowest BCUT2D eigenvalue weighted by atomic mass is 10.1. The topological polar surface area (TPSA) is 64.6 Å². The first-order valence-corrected chi connectivity index (χ1v) is 8.89. The molecule has 1 aliphatic carbocycles. The number of amides is 2. The van der Waals surface area contributed by atoms with Crippen molar-refractivity contribution in [3.63, 3.8) is 0 Å². The largest absolute Gasteiger partial charge is 0.396 e. The van der Waals surface area contributed by atoms with E-state index in [0.717, 1.165) is 19.5 Å². The highest BCUT2D eigenvalue weighted by molar-refractivity contribution is 5.74. The molecule has 2 amide bonds. The third-order valence-electron chi connectivity index (χ3n) is 4.95. The summed E-state index contributed by atoms with van der Waals surface area (Å²) in [4.78, 5) is 14.7. The highest BCUT2D eigenvalue weighted by atomic mass is 16.3. The molecule has 130 valence electrons. The van der Waals surface area contributed by atoms with Crippen LogP contribution in [0.15, 0.2) is 42.5 Å². The summed E-state index contributed by atoms with van der Waals surface area (Å²) in [6.45, 7) is 2.93. The Labute approximate surface area is 143 Å². The summed E-state index contributed by atoms with van der Waals surface area (Å²) in [5.74, 6) is 0.164. The van der Waals surface area contributed by atoms with E-state index in [0.29, 0.717) is 6.54 Å². The van der Waals surface area contributed by atoms with Crippen LogP contribution in [0.2, 0.25) is 0 Å². The second kappa shape index (κ2) is 8.31. The van der Waals surface area contributed by atoms with Crippen LogP contribution in [0.4, 0.5) is 4.79 Å². The van der Waals surface area contributed by atoms with E-state index < -0.39 is 0 Å². The molecule has 3 atom stereocenters. The van der Waals surface area contributed by atoms with E-state index in [-0.39, 0.29) is 30.6 Å². The summed E-state index contributed by atoms with van der Waals surface area (Å²) >= 11 is 0. The summed E-state index contributed by atoms with van der Waals surface area (Å²) in [6, 6.07) is 10.5. The Balaban J connectivity index is 1.53. The normalized spacial score (nSPS) is 24.9. The lowest BCUT2D eigenvalue weighted by molar-refractivity contribution is 0.217. The number of nitrogens with zero attached hydrogens (tertiary/aromatic N) is 1. The van der Waals surface area contributed by atoms with Crippen LogP contribution in [0.3, 0.4) is 0 Å². The predicted molar refractivity (Wildman–Crippen MR) is 94.6 cm³/mol. The Morgan fingerprint density at radius 1 is 1.21 bits per heavy atom. The van der Waals surface area contributed by atoms with Gasteiger partial charge in [-0.1, -0.05) is 42.5 Å². The predicted octanol–water partition coefficient (Wildman–Crippen LogP) is 2.06. The van der Waals surface area contributed by atoms with E-state index in [1.165, 1.54) is 18.4 Å². The molecule has 0 radical (unpaired) electrons. The fourth-order valence-electron chi connectivity index (χ4n) is 3.61. The van der Waals surface area contributed by atoms with Crippen molar-refractivity contribution in [3.8, 4) is 0 Å². The number of carbonyl (C=O) groups excluding carboxylic acids is 1. The molecule has 2 aliphatic rings. The molecule has 1 heterocycles. The van der Waals surface area contributed by atoms with E-state index >= 15 is 0 Å². The van der Waals surface area contributed by atoms with Gasteiger partial charge in [0.05, 0.1) is 6.04 Å². The first kappa shape index (κ1) is 17.0. The molecule has 5 nitrogen and oxygen atoms in total. The quantitative estimate of drug-likeness (QED) is 0.700. The molecule has 24 heavy (non-hydrogen) atoms. The molecule has 1 aromatic rings. The van der Waals surface area contributed by atoms with Crippen molar-refractivity contribution < 1.29 is 9.90 Å². The van der Waals surface area contributed by atoms with Gasteiger partial charge in [-0.3, -0.25) is 4.90 Å². The Hall–Kier alpha value is -1.85. The van der Waals surface area contributed by atoms with Gasteiger partial charge in [-0.25, -0.2) is 4.79 Å². The smallest absolute Gasteiger partial charge is 0.315 e. The average Bonchev–Trinajstić information content (AvgIpc) is 3.28. The fraction of sp³-hybridized carbons (Fsp3) is 0.526. The molecule has 0 spiro atoms. The van der Waals surface area contributed by atoms with Crippen LogP contribution in [-0.4, -0.2) is 48.3 Å². The van der Waals surface area contributed by atoms with E-state index in [1.54, 1.807) is 0 Å². The minimum atomic E-state index is -0.136. The third-order valence-corrected chi connectivity index (χ3v) is 4.95. The van der Waals surface area contributed by atoms with Crippen molar-refractivity contribution in [1.82, 2.24) is 15.5 Å². The Morgan fingerprint density at radius 3 is 2.62 bits per heavy atom. The van der Waals surface area contributed by atoms with Crippen molar-refractivity contribution in [1.29, 1.82) is 0 Å². The number of hydrogen-bond acceptors (Lipinski definition) is 3. The number of nitrogens with one attached hydrogen (secondary N) is 2. The summed E-state index contributed by atoms with van der Waals surface area (Å²) < 4.78 is 0. The van der Waals surface area contributed by atoms with Gasteiger partial charge in [-0.15, -0.1) is 0 Å². The number of aliphatic hydroxyl groups excluding tert-OH is 1. The molecule has 3 N–H and O–H groups in total. The van der Waals surface area contributed by atoms with Crippen LogP contribution >= 0.6 is 0 Å². The maximum absolute atomic E-state index is 12.2. The Morgan fingerprint density at radius 2 is 1.96 bits per heavy atom. The van der Waals surface area contributed by atoms with Crippen LogP contribution < -0.4 is 10.6 Å². The molecule has 0 aromatic heterocycles. The van der Waals surface area contributed by atoms with Crippen molar-refractivity contribution in [3.05, 3.63) is 48.0 Å². The molecule has 1 aromatic carbocycles. The number of rotatable bonds is 6. The zero-order valence-corrected chi connectivity index (χ0v) is 14.0. The first-order chi connectivity index (χ1) is 11.8. The molecular weight excluding hydrogens is 302 g/mol. The van der Waals surface area contributed by atoms with Crippen LogP contribution in [0.1, 0.15) is 30.9 Å². The van der Waals surface area contributed by atoms with Crippen molar-refractivity contribution >= 4 is 6.03 Å². The second-order valence-corrected chi connectivity index (χ2v) is 6.69. The van der Waals surface area contributed by atoms with Gasteiger partial charge in [0, 0.05) is 25.1 Å². The van der Waals surface area contributed by atoms with Crippen LogP contribution in [0.25, 0.3) is 0 Å². The van der Waals surface area contributed by atoms with Gasteiger partial charge < -0.3 is 15.7 Å². The van der Waals surface area contributed by atoms with Gasteiger partial charge in [0.2, 0.25) is 0 Å². The number of likely N-dealkylation sites (tertiary alicyclic amines) is 1. The highest BCUT2D eigenvalue weighted by Gasteiger charge is 2.24. The molecule has 0 saturated carbocycles. The SMILES string of the molecule is O=C(NCC(c1ccccc1)N1CCCC1)N[C@@H]1C=C[C@H](CO)C1. The lowest BCUT2D eigenvalue weighted by Crippen LogP contribution is -2.44. The number of hydrogen-bond donors (Lipinski definition) is 3. The maximum atomic E-state index is 12.2. The number of benzene rings is 1. The van der Waals surface area contributed by atoms with Crippen LogP contribution in [-0.2, 0) is 0 Å². The highest BCUT2D eigenvalue weighted by Crippen LogP contribution is 2.24. The molecule has 0 bridgehead atoms. The van der Waals surface area contributed by atoms with Gasteiger partial charge in [0.25, 0.3) is 0 Å². The number of carbonyl (C=O) groups is 1. The minimum Gasteiger partial charge on any atom is -0.396 e. The summed E-state index contributed by atoms with van der Waals surface area (Å²) in [7, 11) is 0. The van der Waals surface area contributed by atoms with E-state index in [2.05, 4.69) is 39.8 Å². The zero-order valence-electron chi connectivity index (χ0n) is 14.0. The summed E-state index contributed by atoms with van der Waals surface area (Å²) in [6.07, 6.45) is 7.17. The van der Waals surface area contributed by atoms with Gasteiger partial charge in [0.15, 0.2) is 0 Å². The Kier molecular flexibility index (Phi) is 5.88.